The lowest BCUT2D eigenvalue weighted by atomic mass is 10.1. The van der Waals surface area contributed by atoms with Crippen LogP contribution in [-0.2, 0) is 13.5 Å². The summed E-state index contributed by atoms with van der Waals surface area (Å²) in [6.07, 6.45) is 1.91. The van der Waals surface area contributed by atoms with Crippen molar-refractivity contribution in [2.75, 3.05) is 0 Å². The first-order valence-corrected chi connectivity index (χ1v) is 6.07. The molecule has 0 atom stereocenters. The van der Waals surface area contributed by atoms with Crippen LogP contribution < -0.4 is 0 Å². The van der Waals surface area contributed by atoms with E-state index in [2.05, 4.69) is 26.2 Å². The molecule has 0 aliphatic carbocycles. The van der Waals surface area contributed by atoms with Gasteiger partial charge in [-0.2, -0.15) is 0 Å². The highest BCUT2D eigenvalue weighted by Gasteiger charge is 2.14. The number of halogens is 2. The Labute approximate surface area is 112 Å². The van der Waals surface area contributed by atoms with E-state index < -0.39 is 0 Å². The van der Waals surface area contributed by atoms with E-state index in [9.17, 15) is 4.79 Å². The van der Waals surface area contributed by atoms with Crippen molar-refractivity contribution in [1.82, 2.24) is 15.0 Å². The second-order valence-electron chi connectivity index (χ2n) is 3.58. The molecule has 0 spiro atoms. The van der Waals surface area contributed by atoms with Crippen LogP contribution in [0.5, 0.6) is 0 Å². The van der Waals surface area contributed by atoms with Gasteiger partial charge in [0, 0.05) is 23.3 Å². The maximum absolute atomic E-state index is 12.0. The van der Waals surface area contributed by atoms with Crippen molar-refractivity contribution >= 4 is 33.3 Å². The first-order valence-electron chi connectivity index (χ1n) is 4.90. The van der Waals surface area contributed by atoms with Crippen molar-refractivity contribution in [3.05, 3.63) is 45.1 Å². The number of carbonyl (C=O) groups excluding carboxylic acids is 1. The lowest BCUT2D eigenvalue weighted by Crippen LogP contribution is -2.05. The molecule has 0 amide bonds. The summed E-state index contributed by atoms with van der Waals surface area (Å²) in [7, 11) is 1.76. The molecule has 0 N–H and O–H groups in total. The number of Topliss-reactive ketones (excluding diaryl/α,β-unsaturated/α-hetero) is 1. The van der Waals surface area contributed by atoms with Gasteiger partial charge in [0.2, 0.25) is 0 Å². The Morgan fingerprint density at radius 2 is 2.29 bits per heavy atom. The van der Waals surface area contributed by atoms with Crippen LogP contribution in [0, 0.1) is 0 Å². The fraction of sp³-hybridized carbons (Fsp3) is 0.182. The Balaban J connectivity index is 2.23. The molecule has 1 aromatic heterocycles. The molecule has 0 bridgehead atoms. The molecule has 0 saturated heterocycles. The number of hydrogen-bond donors (Lipinski definition) is 0. The molecule has 0 fully saturated rings. The van der Waals surface area contributed by atoms with Crippen molar-refractivity contribution in [2.45, 2.75) is 6.42 Å². The standard InChI is InChI=1S/C11H9BrClN3O/c1-16-6-7(14-15-16)5-10(17)8-3-2-4-9(12)11(8)13/h2-4,6H,5H2,1H3. The number of aromatic nitrogens is 3. The van der Waals surface area contributed by atoms with E-state index in [0.29, 0.717) is 20.8 Å². The van der Waals surface area contributed by atoms with Gasteiger partial charge in [-0.3, -0.25) is 9.48 Å². The number of ketones is 1. The lowest BCUT2D eigenvalue weighted by Gasteiger charge is -2.03. The maximum atomic E-state index is 12.0. The van der Waals surface area contributed by atoms with E-state index in [0.717, 1.165) is 0 Å². The second-order valence-corrected chi connectivity index (χ2v) is 4.82. The Hall–Kier alpha value is -1.20. The van der Waals surface area contributed by atoms with Gasteiger partial charge in [0.05, 0.1) is 17.1 Å². The topological polar surface area (TPSA) is 47.8 Å². The number of benzene rings is 1. The molecule has 0 aliphatic rings. The highest BCUT2D eigenvalue weighted by molar-refractivity contribution is 9.10. The van der Waals surface area contributed by atoms with Crippen LogP contribution in [0.15, 0.2) is 28.9 Å². The number of carbonyl (C=O) groups is 1. The molecule has 17 heavy (non-hydrogen) atoms. The van der Waals surface area contributed by atoms with Crippen molar-refractivity contribution in [2.24, 2.45) is 7.05 Å². The summed E-state index contributed by atoms with van der Waals surface area (Å²) in [4.78, 5) is 12.0. The van der Waals surface area contributed by atoms with Gasteiger partial charge < -0.3 is 0 Å². The van der Waals surface area contributed by atoms with Crippen molar-refractivity contribution < 1.29 is 4.79 Å². The van der Waals surface area contributed by atoms with E-state index in [-0.39, 0.29) is 12.2 Å². The van der Waals surface area contributed by atoms with Gasteiger partial charge >= 0.3 is 0 Å². The summed E-state index contributed by atoms with van der Waals surface area (Å²) in [6.45, 7) is 0. The minimum Gasteiger partial charge on any atom is -0.294 e. The Bertz CT molecular complexity index is 568. The molecule has 0 radical (unpaired) electrons. The zero-order valence-electron chi connectivity index (χ0n) is 9.02. The smallest absolute Gasteiger partial charge is 0.170 e. The predicted molar refractivity (Wildman–Crippen MR) is 68.2 cm³/mol. The third-order valence-electron chi connectivity index (χ3n) is 2.24. The minimum absolute atomic E-state index is 0.0724. The number of hydrogen-bond acceptors (Lipinski definition) is 3. The molecule has 0 unspecified atom stereocenters. The number of aryl methyl sites for hydroxylation is 1. The fourth-order valence-electron chi connectivity index (χ4n) is 1.46. The van der Waals surface area contributed by atoms with Crippen LogP contribution in [0.4, 0.5) is 0 Å². The minimum atomic E-state index is -0.0724. The average molecular weight is 315 g/mol. The molecule has 2 aromatic rings. The molecule has 2 rings (SSSR count). The maximum Gasteiger partial charge on any atom is 0.170 e. The zero-order chi connectivity index (χ0) is 12.4. The quantitative estimate of drug-likeness (QED) is 0.818. The van der Waals surface area contributed by atoms with Crippen LogP contribution in [0.1, 0.15) is 16.1 Å². The lowest BCUT2D eigenvalue weighted by molar-refractivity contribution is 0.0992. The van der Waals surface area contributed by atoms with Gasteiger partial charge in [0.1, 0.15) is 0 Å². The molecule has 88 valence electrons. The number of rotatable bonds is 3. The fourth-order valence-corrected chi connectivity index (χ4v) is 2.05. The highest BCUT2D eigenvalue weighted by Crippen LogP contribution is 2.26. The van der Waals surface area contributed by atoms with Gasteiger partial charge in [0.15, 0.2) is 5.78 Å². The molecule has 6 heteroatoms. The van der Waals surface area contributed by atoms with Crippen LogP contribution in [-0.4, -0.2) is 20.8 Å². The molecule has 4 nitrogen and oxygen atoms in total. The van der Waals surface area contributed by atoms with Crippen LogP contribution in [0.3, 0.4) is 0 Å². The summed E-state index contributed by atoms with van der Waals surface area (Å²) < 4.78 is 2.27. The van der Waals surface area contributed by atoms with E-state index in [4.69, 9.17) is 11.6 Å². The van der Waals surface area contributed by atoms with Gasteiger partial charge in [-0.05, 0) is 28.1 Å². The van der Waals surface area contributed by atoms with Crippen molar-refractivity contribution in [3.8, 4) is 0 Å². The van der Waals surface area contributed by atoms with Gasteiger partial charge in [0.25, 0.3) is 0 Å². The summed E-state index contributed by atoms with van der Waals surface area (Å²) >= 11 is 9.34. The molecule has 1 heterocycles. The van der Waals surface area contributed by atoms with Gasteiger partial charge in [-0.25, -0.2) is 0 Å². The monoisotopic (exact) mass is 313 g/mol. The van der Waals surface area contributed by atoms with Crippen LogP contribution in [0.2, 0.25) is 5.02 Å². The first kappa shape index (κ1) is 12.3. The van der Waals surface area contributed by atoms with Crippen LogP contribution in [0.25, 0.3) is 0 Å². The second kappa shape index (κ2) is 4.98. The predicted octanol–water partition coefficient (Wildman–Crippen LogP) is 2.66. The van der Waals surface area contributed by atoms with E-state index in [1.165, 1.54) is 0 Å². The Morgan fingerprint density at radius 1 is 1.53 bits per heavy atom. The summed E-state index contributed by atoms with van der Waals surface area (Å²) in [6, 6.07) is 5.27. The molecule has 0 saturated carbocycles. The van der Waals surface area contributed by atoms with Crippen LogP contribution >= 0.6 is 27.5 Å². The summed E-state index contributed by atoms with van der Waals surface area (Å²) in [5.41, 5.74) is 1.13. The Morgan fingerprint density at radius 3 is 2.94 bits per heavy atom. The average Bonchev–Trinajstić information content (AvgIpc) is 2.68. The third-order valence-corrected chi connectivity index (χ3v) is 3.54. The largest absolute Gasteiger partial charge is 0.294 e. The Kier molecular flexibility index (Phi) is 3.59. The number of nitrogens with zero attached hydrogens (tertiary/aromatic N) is 3. The first-order chi connectivity index (χ1) is 8.08. The molecular formula is C11H9BrClN3O. The zero-order valence-corrected chi connectivity index (χ0v) is 11.4. The molecule has 1 aromatic carbocycles. The summed E-state index contributed by atoms with van der Waals surface area (Å²) in [5, 5.41) is 8.08. The highest BCUT2D eigenvalue weighted by atomic mass is 79.9. The van der Waals surface area contributed by atoms with Crippen molar-refractivity contribution in [1.29, 1.82) is 0 Å². The van der Waals surface area contributed by atoms with E-state index in [1.54, 1.807) is 36.1 Å². The normalized spacial score (nSPS) is 10.5. The van der Waals surface area contributed by atoms with E-state index >= 15 is 0 Å². The third kappa shape index (κ3) is 2.73. The van der Waals surface area contributed by atoms with Gasteiger partial charge in [-0.1, -0.05) is 22.9 Å². The molecule has 0 aliphatic heterocycles. The summed E-state index contributed by atoms with van der Waals surface area (Å²) in [5.74, 6) is -0.0724. The van der Waals surface area contributed by atoms with Gasteiger partial charge in [-0.15, -0.1) is 5.10 Å². The molecular weight excluding hydrogens is 305 g/mol. The van der Waals surface area contributed by atoms with E-state index in [1.807, 2.05) is 0 Å². The SMILES string of the molecule is Cn1cc(CC(=O)c2cccc(Br)c2Cl)nn1. The van der Waals surface area contributed by atoms with Crippen molar-refractivity contribution in [3.63, 3.8) is 0 Å².